The molecule has 0 aliphatic heterocycles. The van der Waals surface area contributed by atoms with E-state index in [4.69, 9.17) is 25.9 Å². The van der Waals surface area contributed by atoms with Gasteiger partial charge >= 0.3 is 0 Å². The SMILES string of the molecule is COc1cc(/C=N/OCC(=O)NC2CCCCC2C)cc(Cl)c1OC. The van der Waals surface area contributed by atoms with Crippen LogP contribution in [0.1, 0.15) is 38.2 Å². The predicted octanol–water partition coefficient (Wildman–Crippen LogP) is 3.40. The summed E-state index contributed by atoms with van der Waals surface area (Å²) in [6.07, 6.45) is 6.06. The van der Waals surface area contributed by atoms with Crippen LogP contribution in [0.2, 0.25) is 5.02 Å². The third-order valence-corrected chi connectivity index (χ3v) is 4.67. The second-order valence-corrected chi connectivity index (χ2v) is 6.59. The van der Waals surface area contributed by atoms with Gasteiger partial charge in [-0.2, -0.15) is 0 Å². The van der Waals surface area contributed by atoms with E-state index in [1.54, 1.807) is 12.1 Å². The van der Waals surface area contributed by atoms with Gasteiger partial charge in [0.1, 0.15) is 0 Å². The van der Waals surface area contributed by atoms with E-state index < -0.39 is 0 Å². The van der Waals surface area contributed by atoms with Gasteiger partial charge in [0.25, 0.3) is 5.91 Å². The molecule has 1 aliphatic rings. The Morgan fingerprint density at radius 3 is 2.76 bits per heavy atom. The van der Waals surface area contributed by atoms with E-state index in [9.17, 15) is 4.79 Å². The van der Waals surface area contributed by atoms with Gasteiger partial charge in [0.2, 0.25) is 0 Å². The van der Waals surface area contributed by atoms with E-state index in [1.807, 2.05) is 0 Å². The van der Waals surface area contributed by atoms with Crippen LogP contribution in [0.15, 0.2) is 17.3 Å². The Hall–Kier alpha value is -1.95. The maximum absolute atomic E-state index is 11.9. The lowest BCUT2D eigenvalue weighted by molar-refractivity contribution is -0.126. The van der Waals surface area contributed by atoms with Crippen LogP contribution in [-0.4, -0.2) is 39.0 Å². The lowest BCUT2D eigenvalue weighted by Crippen LogP contribution is -2.42. The summed E-state index contributed by atoms with van der Waals surface area (Å²) < 4.78 is 10.4. The first-order chi connectivity index (χ1) is 12.0. The highest BCUT2D eigenvalue weighted by atomic mass is 35.5. The fourth-order valence-corrected chi connectivity index (χ4v) is 3.28. The Kier molecular flexibility index (Phi) is 7.37. The highest BCUT2D eigenvalue weighted by Gasteiger charge is 2.22. The average molecular weight is 369 g/mol. The van der Waals surface area contributed by atoms with Crippen LogP contribution in [0.25, 0.3) is 0 Å². The lowest BCUT2D eigenvalue weighted by Gasteiger charge is -2.29. The summed E-state index contributed by atoms with van der Waals surface area (Å²) >= 11 is 6.13. The molecule has 1 saturated carbocycles. The fraction of sp³-hybridized carbons (Fsp3) is 0.556. The molecule has 1 amide bonds. The van der Waals surface area contributed by atoms with Gasteiger partial charge in [0.05, 0.1) is 25.5 Å². The molecule has 2 atom stereocenters. The summed E-state index contributed by atoms with van der Waals surface area (Å²) in [5, 5.41) is 7.25. The van der Waals surface area contributed by atoms with E-state index in [0.717, 1.165) is 19.3 Å². The number of oxime groups is 1. The van der Waals surface area contributed by atoms with Gasteiger partial charge in [0.15, 0.2) is 18.1 Å². The van der Waals surface area contributed by atoms with E-state index in [0.29, 0.717) is 28.0 Å². The molecule has 1 fully saturated rings. The van der Waals surface area contributed by atoms with Gasteiger partial charge in [-0.1, -0.05) is 36.5 Å². The number of nitrogens with one attached hydrogen (secondary N) is 1. The van der Waals surface area contributed by atoms with Crippen molar-refractivity contribution in [1.29, 1.82) is 0 Å². The van der Waals surface area contributed by atoms with E-state index in [2.05, 4.69) is 17.4 Å². The standard InChI is InChI=1S/C18H25ClN2O4/c1-12-6-4-5-7-15(12)21-17(22)11-25-20-10-13-8-14(19)18(24-3)16(9-13)23-2/h8-10,12,15H,4-7,11H2,1-3H3,(H,21,22)/b20-10+. The zero-order valence-electron chi connectivity index (χ0n) is 14.9. The predicted molar refractivity (Wildman–Crippen MR) is 97.7 cm³/mol. The molecular weight excluding hydrogens is 344 g/mol. The number of halogens is 1. The molecule has 2 unspecified atom stereocenters. The van der Waals surface area contributed by atoms with Crippen LogP contribution in [0.5, 0.6) is 11.5 Å². The van der Waals surface area contributed by atoms with Gasteiger partial charge in [-0.3, -0.25) is 4.79 Å². The quantitative estimate of drug-likeness (QED) is 0.591. The van der Waals surface area contributed by atoms with Crippen LogP contribution >= 0.6 is 11.6 Å². The maximum Gasteiger partial charge on any atom is 0.261 e. The Morgan fingerprint density at radius 1 is 1.32 bits per heavy atom. The number of amides is 1. The molecular formula is C18H25ClN2O4. The van der Waals surface area contributed by atoms with Crippen LogP contribution in [0, 0.1) is 5.92 Å². The smallest absolute Gasteiger partial charge is 0.261 e. The molecule has 0 saturated heterocycles. The number of hydrogen-bond acceptors (Lipinski definition) is 5. The van der Waals surface area contributed by atoms with Crippen LogP contribution in [0.3, 0.4) is 0 Å². The van der Waals surface area contributed by atoms with Crippen molar-refractivity contribution in [3.63, 3.8) is 0 Å². The van der Waals surface area contributed by atoms with E-state index >= 15 is 0 Å². The van der Waals surface area contributed by atoms with Crippen molar-refractivity contribution < 1.29 is 19.1 Å². The molecule has 0 aromatic heterocycles. The minimum atomic E-state index is -0.152. The zero-order valence-corrected chi connectivity index (χ0v) is 15.6. The number of methoxy groups -OCH3 is 2. The van der Waals surface area contributed by atoms with Crippen molar-refractivity contribution in [2.24, 2.45) is 11.1 Å². The van der Waals surface area contributed by atoms with Crippen molar-refractivity contribution in [2.45, 2.75) is 38.6 Å². The minimum absolute atomic E-state index is 0.110. The van der Waals surface area contributed by atoms with E-state index in [-0.39, 0.29) is 18.6 Å². The molecule has 0 radical (unpaired) electrons. The summed E-state index contributed by atoms with van der Waals surface area (Å²) in [6, 6.07) is 3.64. The second-order valence-electron chi connectivity index (χ2n) is 6.18. The number of nitrogens with zero attached hydrogens (tertiary/aromatic N) is 1. The molecule has 1 N–H and O–H groups in total. The molecule has 0 bridgehead atoms. The van der Waals surface area contributed by atoms with Crippen molar-refractivity contribution in [1.82, 2.24) is 5.32 Å². The van der Waals surface area contributed by atoms with Crippen LogP contribution in [-0.2, 0) is 9.63 Å². The fourth-order valence-electron chi connectivity index (χ4n) is 2.99. The van der Waals surface area contributed by atoms with Crippen LogP contribution < -0.4 is 14.8 Å². The third-order valence-electron chi connectivity index (χ3n) is 4.39. The van der Waals surface area contributed by atoms with Gasteiger partial charge in [-0.25, -0.2) is 0 Å². The number of carbonyl (C=O) groups is 1. The van der Waals surface area contributed by atoms with Crippen LogP contribution in [0.4, 0.5) is 0 Å². The van der Waals surface area contributed by atoms with Gasteiger partial charge in [-0.15, -0.1) is 0 Å². The van der Waals surface area contributed by atoms with Crippen molar-refractivity contribution >= 4 is 23.7 Å². The largest absolute Gasteiger partial charge is 0.493 e. The normalized spacial score (nSPS) is 20.3. The van der Waals surface area contributed by atoms with Gasteiger partial charge in [-0.05, 0) is 30.9 Å². The number of carbonyl (C=O) groups excluding carboxylic acids is 1. The Labute approximate surface area is 153 Å². The average Bonchev–Trinajstić information content (AvgIpc) is 2.60. The van der Waals surface area contributed by atoms with Crippen molar-refractivity contribution in [3.05, 3.63) is 22.7 Å². The molecule has 25 heavy (non-hydrogen) atoms. The highest BCUT2D eigenvalue weighted by Crippen LogP contribution is 2.35. The highest BCUT2D eigenvalue weighted by molar-refractivity contribution is 6.32. The zero-order chi connectivity index (χ0) is 18.2. The monoisotopic (exact) mass is 368 g/mol. The first-order valence-electron chi connectivity index (χ1n) is 8.41. The Bertz CT molecular complexity index is 621. The first kappa shape index (κ1) is 19.4. The lowest BCUT2D eigenvalue weighted by atomic mass is 9.86. The number of rotatable bonds is 7. The molecule has 0 spiro atoms. The number of ether oxygens (including phenoxy) is 2. The van der Waals surface area contributed by atoms with Gasteiger partial charge in [0, 0.05) is 11.6 Å². The molecule has 6 nitrogen and oxygen atoms in total. The molecule has 1 aromatic carbocycles. The Balaban J connectivity index is 1.84. The molecule has 1 aliphatic carbocycles. The summed E-state index contributed by atoms with van der Waals surface area (Å²) in [5.41, 5.74) is 0.684. The Morgan fingerprint density at radius 2 is 2.08 bits per heavy atom. The van der Waals surface area contributed by atoms with Crippen molar-refractivity contribution in [3.8, 4) is 11.5 Å². The molecule has 2 rings (SSSR count). The molecule has 0 heterocycles. The summed E-state index contributed by atoms with van der Waals surface area (Å²) in [5.74, 6) is 1.32. The minimum Gasteiger partial charge on any atom is -0.493 e. The van der Waals surface area contributed by atoms with Gasteiger partial charge < -0.3 is 19.6 Å². The maximum atomic E-state index is 11.9. The number of benzene rings is 1. The first-order valence-corrected chi connectivity index (χ1v) is 8.79. The third kappa shape index (κ3) is 5.53. The topological polar surface area (TPSA) is 69.2 Å². The second kappa shape index (κ2) is 9.51. The summed E-state index contributed by atoms with van der Waals surface area (Å²) in [6.45, 7) is 2.06. The summed E-state index contributed by atoms with van der Waals surface area (Å²) in [4.78, 5) is 17.0. The van der Waals surface area contributed by atoms with E-state index in [1.165, 1.54) is 26.9 Å². The summed E-state index contributed by atoms with van der Waals surface area (Å²) in [7, 11) is 3.05. The molecule has 1 aromatic rings. The number of hydrogen-bond donors (Lipinski definition) is 1. The van der Waals surface area contributed by atoms with Crippen molar-refractivity contribution in [2.75, 3.05) is 20.8 Å². The molecule has 138 valence electrons. The molecule has 7 heteroatoms.